The van der Waals surface area contributed by atoms with Crippen LogP contribution in [0.15, 0.2) is 164 Å². The topological polar surface area (TPSA) is 633 Å². The molecule has 0 spiro atoms. The Labute approximate surface area is 885 Å². The molecule has 8 aromatic rings. The van der Waals surface area contributed by atoms with Crippen molar-refractivity contribution in [2.24, 2.45) is 5.73 Å². The van der Waals surface area contributed by atoms with Gasteiger partial charge in [-0.25, -0.2) is 28.8 Å². The number of aliphatic carboxylic acids is 2. The summed E-state index contributed by atoms with van der Waals surface area (Å²) in [4.78, 5) is 198. The van der Waals surface area contributed by atoms with Crippen molar-refractivity contribution in [2.45, 2.75) is 138 Å². The Bertz CT molecular complexity index is 5490. The molecule has 0 aliphatic heterocycles. The number of furan rings is 4. The molecule has 0 saturated carbocycles. The normalized spacial score (nSPS) is 11.3. The van der Waals surface area contributed by atoms with E-state index in [1.807, 2.05) is 55.4 Å². The first kappa shape index (κ1) is 131. The average molecular weight is 2180 g/mol. The zero-order valence-electron chi connectivity index (χ0n) is 81.3. The van der Waals surface area contributed by atoms with Crippen LogP contribution in [0.1, 0.15) is 163 Å². The van der Waals surface area contributed by atoms with Crippen molar-refractivity contribution in [3.63, 3.8) is 0 Å². The minimum Gasteiger partial charge on any atom is -0.870 e. The van der Waals surface area contributed by atoms with E-state index in [4.69, 9.17) is 126 Å². The SMILES string of the molecule is CC.CC(=O)NC[C@H](NC(=O)c1c(Cl)cc(CNC(=O)/C=C/c2ccco2)cc1Cl)C(=O)O.CC(=O)NC[C@H](NC(=O)c1c(Cl)cc(CNC(=O)/C=C/c2ccco2)cc1Cl)C(=O)O.CNC(=O)OC(C)(C)C.CNC(=O)OC(C)(C)C.COC(=O)[C@H](CN)NC(=O)c1c(Cl)cc(CNC(=O)/C=C/c2ccco2)cc1Cl.COC(=O)[C@H](CNC(C)=O)NC(=O)c1c(Cl)cc(CNC(=O)/C=C/c2ccco2)cc1Cl.[Li+].[OH-]. The molecule has 145 heavy (non-hydrogen) atoms. The number of benzene rings is 4. The van der Waals surface area contributed by atoms with Gasteiger partial charge in [-0.2, -0.15) is 0 Å². The van der Waals surface area contributed by atoms with E-state index in [1.165, 1.54) is 164 Å². The van der Waals surface area contributed by atoms with Gasteiger partial charge in [0.15, 0.2) is 0 Å². The molecule has 0 aliphatic rings. The number of carbonyl (C=O) groups excluding carboxylic acids is 15. The first-order chi connectivity index (χ1) is 67.3. The van der Waals surface area contributed by atoms with Gasteiger partial charge in [-0.1, -0.05) is 107 Å². The van der Waals surface area contributed by atoms with Crippen LogP contribution in [-0.4, -0.2) is 207 Å². The molecule has 0 aliphatic carbocycles. The molecule has 0 unspecified atom stereocenters. The van der Waals surface area contributed by atoms with Gasteiger partial charge < -0.3 is 127 Å². The molecule has 42 nitrogen and oxygen atoms in total. The van der Waals surface area contributed by atoms with E-state index in [2.05, 4.69) is 78.6 Å². The van der Waals surface area contributed by atoms with E-state index in [9.17, 15) is 91.7 Å². The predicted octanol–water partition coefficient (Wildman–Crippen LogP) is 9.08. The van der Waals surface area contributed by atoms with Gasteiger partial charge in [0.2, 0.25) is 41.4 Å². The fourth-order valence-electron chi connectivity index (χ4n) is 10.4. The van der Waals surface area contributed by atoms with Crippen LogP contribution in [0.4, 0.5) is 9.59 Å². The number of ether oxygens (including phenoxy) is 4. The summed E-state index contributed by atoms with van der Waals surface area (Å²) < 4.78 is 39.2. The molecule has 782 valence electrons. The zero-order valence-corrected chi connectivity index (χ0v) is 87.3. The van der Waals surface area contributed by atoms with Gasteiger partial charge in [0.05, 0.1) is 102 Å². The minimum atomic E-state index is -1.37. The maximum Gasteiger partial charge on any atom is 1.00 e. The van der Waals surface area contributed by atoms with Crippen LogP contribution in [0.2, 0.25) is 40.2 Å². The second kappa shape index (κ2) is 68.6. The molecule has 4 aromatic heterocycles. The number of halogens is 8. The van der Waals surface area contributed by atoms with Crippen LogP contribution in [0.5, 0.6) is 0 Å². The van der Waals surface area contributed by atoms with Crippen LogP contribution in [0, 0.1) is 0 Å². The van der Waals surface area contributed by atoms with Gasteiger partial charge in [-0.3, -0.25) is 52.7 Å². The average Bonchev–Trinajstić information content (AvgIpc) is 1.51. The van der Waals surface area contributed by atoms with Gasteiger partial charge in [0.1, 0.15) is 58.4 Å². The third-order valence-corrected chi connectivity index (χ3v) is 19.2. The first-order valence-corrected chi connectivity index (χ1v) is 45.3. The molecule has 51 heteroatoms. The predicted molar refractivity (Wildman–Crippen MR) is 537 cm³/mol. The van der Waals surface area contributed by atoms with Crippen LogP contribution in [0.3, 0.4) is 0 Å². The Hall–Kier alpha value is -13.6. The van der Waals surface area contributed by atoms with E-state index in [0.717, 1.165) is 7.11 Å². The smallest absolute Gasteiger partial charge is 0.870 e. The molecule has 0 saturated heterocycles. The number of hydrogen-bond acceptors (Lipinski definition) is 27. The third kappa shape index (κ3) is 53.0. The first-order valence-electron chi connectivity index (χ1n) is 42.3. The van der Waals surface area contributed by atoms with E-state index in [-0.39, 0.29) is 192 Å². The molecule has 18 N–H and O–H groups in total. The number of amides is 13. The van der Waals surface area contributed by atoms with Crippen LogP contribution >= 0.6 is 92.8 Å². The summed E-state index contributed by atoms with van der Waals surface area (Å²) in [5, 5.41) is 50.2. The van der Waals surface area contributed by atoms with Crippen LogP contribution in [0.25, 0.3) is 24.3 Å². The Balaban J connectivity index is 0.00000178. The Kier molecular flexibility index (Phi) is 62.2. The Morgan fingerprint density at radius 2 is 0.572 bits per heavy atom. The van der Waals surface area contributed by atoms with E-state index in [1.54, 1.807) is 48.5 Å². The number of carboxylic acids is 2. The summed E-state index contributed by atoms with van der Waals surface area (Å²) in [5.41, 5.74) is 6.57. The fourth-order valence-corrected chi connectivity index (χ4v) is 13.2. The maximum absolute atomic E-state index is 12.6. The number of esters is 2. The molecule has 0 fully saturated rings. The van der Waals surface area contributed by atoms with Gasteiger partial charge in [-0.05, 0) is 185 Å². The quantitative estimate of drug-likeness (QED) is 0.00761. The summed E-state index contributed by atoms with van der Waals surface area (Å²) in [5.74, 6) is -7.75. The Morgan fingerprint density at radius 3 is 0.745 bits per heavy atom. The Morgan fingerprint density at radius 1 is 0.366 bits per heavy atom. The largest absolute Gasteiger partial charge is 1.00 e. The number of hydrogen-bond donors (Lipinski definition) is 16. The standard InChI is InChI=1S/C21H21Cl2N3O6.2C20H19Cl2N3O6.C19H19Cl2N3O5.2C6H13NO2.C2H6.Li.H2O/c1-12(27)24-11-17(21(30)31-2)26-20(29)19-15(22)8-13(9-16(19)23)10-25-18(28)6-5-14-4-3-7-32-14;2*1-11(26)23-10-16(20(29)30)25-19(28)18-14(21)7-12(8-15(18)22)9-24-17(27)5-4-13-3-2-6-31-13;1-28-19(27)15(9-22)24-18(26)17-13(20)7-11(8-14(17)21)10-23-16(25)5-4-12-3-2-6-29-12;2*1-6(2,3)9-5(8)7-4;1-2;;/h3-9,17H,10-11H2,1-2H3,(H,24,27)(H,25,28)(H,26,29);2*2-8,16H,9-10H2,1H3,(H,23,26)(H,24,27)(H,25,28)(H,29,30);2-8,15H,9-10,22H2,1H3,(H,23,25)(H,24,26);2*1-4H3,(H,7,8);1-2H3;;1H2/q;;;;;;;+1;/p-1/b6-5+;3*5-4+;;;;;/t17-;2*16-;15-;;;;;/m0000...../s1. The van der Waals surface area contributed by atoms with Crippen molar-refractivity contribution in [3.05, 3.63) is 254 Å². The van der Waals surface area contributed by atoms with Crippen LogP contribution < -0.4 is 93.7 Å². The molecule has 0 radical (unpaired) electrons. The van der Waals surface area contributed by atoms with Crippen molar-refractivity contribution >= 4 is 218 Å². The summed E-state index contributed by atoms with van der Waals surface area (Å²) in [6, 6.07) is 20.4. The number of nitrogens with two attached hydrogens (primary N) is 1. The molecule has 4 atom stereocenters. The number of alkyl carbamates (subject to hydrolysis) is 2. The molecule has 4 heterocycles. The number of carboxylic acid groups (broad SMARTS) is 2. The minimum absolute atomic E-state index is 0. The van der Waals surface area contributed by atoms with Crippen molar-refractivity contribution < 1.29 is 153 Å². The van der Waals surface area contributed by atoms with Crippen LogP contribution in [-0.2, 0) is 97.9 Å². The molecule has 13 amide bonds. The summed E-state index contributed by atoms with van der Waals surface area (Å²) >= 11 is 49.5. The van der Waals surface area contributed by atoms with Crippen molar-refractivity contribution in [1.82, 2.24) is 69.1 Å². The van der Waals surface area contributed by atoms with E-state index in [0.29, 0.717) is 45.3 Å². The van der Waals surface area contributed by atoms with Crippen molar-refractivity contribution in [1.29, 1.82) is 0 Å². The summed E-state index contributed by atoms with van der Waals surface area (Å²) in [6.45, 7) is 18.1. The summed E-state index contributed by atoms with van der Waals surface area (Å²) in [6.07, 6.45) is 16.5. The van der Waals surface area contributed by atoms with E-state index >= 15 is 0 Å². The molecule has 8 rings (SSSR count). The second-order valence-electron chi connectivity index (χ2n) is 30.4. The number of carbonyl (C=O) groups is 17. The fraction of sp³-hybridized carbons (Fsp3) is 0.309. The molecular formula is C94H111Cl8LiN14O28. The second-order valence-corrected chi connectivity index (χ2v) is 33.6. The van der Waals surface area contributed by atoms with Gasteiger partial charge in [0, 0.05) is 112 Å². The monoisotopic (exact) mass is 2170 g/mol. The van der Waals surface area contributed by atoms with Gasteiger partial charge in [-0.15, -0.1) is 0 Å². The van der Waals surface area contributed by atoms with Gasteiger partial charge in [0.25, 0.3) is 23.6 Å². The summed E-state index contributed by atoms with van der Waals surface area (Å²) in [7, 11) is 5.41. The number of methoxy groups -OCH3 is 2. The van der Waals surface area contributed by atoms with Crippen molar-refractivity contribution in [3.8, 4) is 0 Å². The van der Waals surface area contributed by atoms with E-state index < -0.39 is 83.5 Å². The number of nitrogens with one attached hydrogen (secondary N) is 13. The zero-order chi connectivity index (χ0) is 108. The van der Waals surface area contributed by atoms with Gasteiger partial charge >= 0.3 is 54.9 Å². The molecule has 0 bridgehead atoms. The number of rotatable bonds is 35. The third-order valence-electron chi connectivity index (χ3n) is 16.8. The molecular weight excluding hydrogens is 2060 g/mol. The maximum atomic E-state index is 12.6. The van der Waals surface area contributed by atoms with Crippen molar-refractivity contribution in [2.75, 3.05) is 54.5 Å². The molecule has 4 aromatic carbocycles.